The lowest BCUT2D eigenvalue weighted by Crippen LogP contribution is -2.34. The van der Waals surface area contributed by atoms with Crippen LogP contribution >= 0.6 is 0 Å². The quantitative estimate of drug-likeness (QED) is 0.387. The molecular formula is C27H34N2O4. The Morgan fingerprint density at radius 1 is 1.00 bits per heavy atom. The number of anilines is 1. The van der Waals surface area contributed by atoms with Gasteiger partial charge in [-0.25, -0.2) is 0 Å². The zero-order valence-electron chi connectivity index (χ0n) is 20.2. The molecule has 1 aliphatic rings. The number of hydrogen-bond donors (Lipinski definition) is 1. The SMILES string of the molecule is CCOCCCN1C(=O)C(Nc2ccc(C)cc2C)=C(c2ccc(OCC(C)C)cc2)C1=O. The Morgan fingerprint density at radius 3 is 2.36 bits per heavy atom. The van der Waals surface area contributed by atoms with E-state index >= 15 is 0 Å². The fourth-order valence-corrected chi connectivity index (χ4v) is 3.70. The second-order valence-corrected chi connectivity index (χ2v) is 8.74. The molecule has 0 aromatic heterocycles. The predicted molar refractivity (Wildman–Crippen MR) is 131 cm³/mol. The van der Waals surface area contributed by atoms with E-state index in [4.69, 9.17) is 9.47 Å². The highest BCUT2D eigenvalue weighted by Crippen LogP contribution is 2.32. The van der Waals surface area contributed by atoms with E-state index in [1.807, 2.05) is 63.2 Å². The van der Waals surface area contributed by atoms with Gasteiger partial charge in [0.15, 0.2) is 0 Å². The number of carbonyl (C=O) groups is 2. The molecule has 0 fully saturated rings. The van der Waals surface area contributed by atoms with Crippen LogP contribution in [-0.4, -0.2) is 43.1 Å². The molecule has 0 saturated carbocycles. The maximum atomic E-state index is 13.4. The van der Waals surface area contributed by atoms with Gasteiger partial charge in [0, 0.05) is 25.4 Å². The van der Waals surface area contributed by atoms with Crippen LogP contribution in [0.4, 0.5) is 5.69 Å². The van der Waals surface area contributed by atoms with E-state index in [2.05, 4.69) is 19.2 Å². The van der Waals surface area contributed by atoms with Crippen LogP contribution in [0.25, 0.3) is 5.57 Å². The lowest BCUT2D eigenvalue weighted by atomic mass is 10.0. The van der Waals surface area contributed by atoms with Crippen molar-refractivity contribution in [3.8, 4) is 5.75 Å². The van der Waals surface area contributed by atoms with Crippen molar-refractivity contribution in [3.63, 3.8) is 0 Å². The molecule has 33 heavy (non-hydrogen) atoms. The number of amides is 2. The maximum Gasteiger partial charge on any atom is 0.278 e. The highest BCUT2D eigenvalue weighted by atomic mass is 16.5. The summed E-state index contributed by atoms with van der Waals surface area (Å²) in [5.41, 5.74) is 4.32. The molecule has 1 aliphatic heterocycles. The Kier molecular flexibility index (Phi) is 8.28. The standard InChI is InChI=1S/C27H34N2O4/c1-6-32-15-7-14-29-26(30)24(21-9-11-22(12-10-21)33-17-18(2)3)25(27(29)31)28-23-13-8-19(4)16-20(23)5/h8-13,16,18,28H,6-7,14-15,17H2,1-5H3. The van der Waals surface area contributed by atoms with Gasteiger partial charge < -0.3 is 14.8 Å². The van der Waals surface area contributed by atoms with Gasteiger partial charge in [0.05, 0.1) is 12.2 Å². The number of ether oxygens (including phenoxy) is 2. The van der Waals surface area contributed by atoms with E-state index in [0.29, 0.717) is 55.5 Å². The number of nitrogens with one attached hydrogen (secondary N) is 1. The Hall–Kier alpha value is -3.12. The lowest BCUT2D eigenvalue weighted by Gasteiger charge is -2.15. The number of hydrogen-bond acceptors (Lipinski definition) is 5. The highest BCUT2D eigenvalue weighted by Gasteiger charge is 2.39. The third kappa shape index (κ3) is 6.02. The van der Waals surface area contributed by atoms with Crippen molar-refractivity contribution in [2.75, 3.05) is 31.7 Å². The average molecular weight is 451 g/mol. The summed E-state index contributed by atoms with van der Waals surface area (Å²) in [6.45, 7) is 12.2. The topological polar surface area (TPSA) is 67.9 Å². The maximum absolute atomic E-state index is 13.4. The minimum absolute atomic E-state index is 0.292. The molecule has 6 nitrogen and oxygen atoms in total. The van der Waals surface area contributed by atoms with Gasteiger partial charge in [0.25, 0.3) is 11.8 Å². The zero-order chi connectivity index (χ0) is 24.0. The molecule has 0 spiro atoms. The fraction of sp³-hybridized carbons (Fsp3) is 0.407. The van der Waals surface area contributed by atoms with Crippen LogP contribution in [0.1, 0.15) is 43.9 Å². The van der Waals surface area contributed by atoms with Crippen LogP contribution in [0, 0.1) is 19.8 Å². The van der Waals surface area contributed by atoms with Gasteiger partial charge in [-0.2, -0.15) is 0 Å². The summed E-state index contributed by atoms with van der Waals surface area (Å²) in [4.78, 5) is 28.0. The Labute approximate surface area is 196 Å². The summed E-state index contributed by atoms with van der Waals surface area (Å²) in [7, 11) is 0. The normalized spacial score (nSPS) is 13.9. The highest BCUT2D eigenvalue weighted by molar-refractivity contribution is 6.36. The molecule has 0 unspecified atom stereocenters. The van der Waals surface area contributed by atoms with Gasteiger partial charge in [-0.15, -0.1) is 0 Å². The number of imide groups is 1. The monoisotopic (exact) mass is 450 g/mol. The molecule has 176 valence electrons. The second-order valence-electron chi connectivity index (χ2n) is 8.74. The molecule has 0 aliphatic carbocycles. The third-order valence-electron chi connectivity index (χ3n) is 5.41. The first-order chi connectivity index (χ1) is 15.8. The molecular weight excluding hydrogens is 416 g/mol. The summed E-state index contributed by atoms with van der Waals surface area (Å²) in [6, 6.07) is 13.3. The molecule has 0 bridgehead atoms. The van der Waals surface area contributed by atoms with Crippen molar-refractivity contribution in [1.82, 2.24) is 4.90 Å². The van der Waals surface area contributed by atoms with E-state index < -0.39 is 0 Å². The molecule has 2 amide bonds. The summed E-state index contributed by atoms with van der Waals surface area (Å²) in [6.07, 6.45) is 0.595. The minimum atomic E-state index is -0.313. The Bertz CT molecular complexity index is 1020. The predicted octanol–water partition coefficient (Wildman–Crippen LogP) is 4.96. The summed E-state index contributed by atoms with van der Waals surface area (Å²) < 4.78 is 11.2. The van der Waals surface area contributed by atoms with Gasteiger partial charge in [0.2, 0.25) is 0 Å². The van der Waals surface area contributed by atoms with Crippen molar-refractivity contribution in [3.05, 3.63) is 64.9 Å². The van der Waals surface area contributed by atoms with Crippen LogP contribution in [0.2, 0.25) is 0 Å². The largest absolute Gasteiger partial charge is 0.493 e. The minimum Gasteiger partial charge on any atom is -0.493 e. The van der Waals surface area contributed by atoms with Gasteiger partial charge >= 0.3 is 0 Å². The van der Waals surface area contributed by atoms with Crippen molar-refractivity contribution in [1.29, 1.82) is 0 Å². The molecule has 0 saturated heterocycles. The van der Waals surface area contributed by atoms with E-state index in [-0.39, 0.29) is 11.8 Å². The van der Waals surface area contributed by atoms with Crippen molar-refractivity contribution in [2.45, 2.75) is 41.0 Å². The first-order valence-electron chi connectivity index (χ1n) is 11.6. The van der Waals surface area contributed by atoms with Crippen LogP contribution in [0.3, 0.4) is 0 Å². The number of benzene rings is 2. The van der Waals surface area contributed by atoms with Crippen LogP contribution in [-0.2, 0) is 14.3 Å². The molecule has 2 aromatic carbocycles. The van der Waals surface area contributed by atoms with Crippen molar-refractivity contribution >= 4 is 23.1 Å². The smallest absolute Gasteiger partial charge is 0.278 e. The number of rotatable bonds is 11. The molecule has 6 heteroatoms. The van der Waals surface area contributed by atoms with E-state index in [1.54, 1.807) is 0 Å². The summed E-state index contributed by atoms with van der Waals surface area (Å²) in [5, 5.41) is 3.26. The van der Waals surface area contributed by atoms with Gasteiger partial charge in [-0.3, -0.25) is 14.5 Å². The number of carbonyl (C=O) groups excluding carboxylic acids is 2. The van der Waals surface area contributed by atoms with E-state index in [9.17, 15) is 9.59 Å². The lowest BCUT2D eigenvalue weighted by molar-refractivity contribution is -0.137. The molecule has 0 atom stereocenters. The van der Waals surface area contributed by atoms with E-state index in [0.717, 1.165) is 22.6 Å². The Morgan fingerprint density at radius 2 is 1.73 bits per heavy atom. The van der Waals surface area contributed by atoms with Gasteiger partial charge in [-0.05, 0) is 62.4 Å². The van der Waals surface area contributed by atoms with Crippen LogP contribution in [0.15, 0.2) is 48.2 Å². The van der Waals surface area contributed by atoms with Gasteiger partial charge in [0.1, 0.15) is 11.4 Å². The fourth-order valence-electron chi connectivity index (χ4n) is 3.70. The summed E-state index contributed by atoms with van der Waals surface area (Å²) in [5.74, 6) is 0.550. The van der Waals surface area contributed by atoms with E-state index in [1.165, 1.54) is 4.90 Å². The molecule has 0 radical (unpaired) electrons. The van der Waals surface area contributed by atoms with Crippen molar-refractivity contribution in [2.24, 2.45) is 5.92 Å². The number of nitrogens with zero attached hydrogens (tertiary/aromatic N) is 1. The third-order valence-corrected chi connectivity index (χ3v) is 5.41. The van der Waals surface area contributed by atoms with Crippen LogP contribution in [0.5, 0.6) is 5.75 Å². The molecule has 1 heterocycles. The summed E-state index contributed by atoms with van der Waals surface area (Å²) >= 11 is 0. The number of aryl methyl sites for hydroxylation is 2. The molecule has 2 aromatic rings. The van der Waals surface area contributed by atoms with Crippen LogP contribution < -0.4 is 10.1 Å². The molecule has 1 N–H and O–H groups in total. The zero-order valence-corrected chi connectivity index (χ0v) is 20.2. The average Bonchev–Trinajstić information content (AvgIpc) is 3.01. The Balaban J connectivity index is 1.92. The first-order valence-corrected chi connectivity index (χ1v) is 11.6. The second kappa shape index (κ2) is 11.1. The van der Waals surface area contributed by atoms with Gasteiger partial charge in [-0.1, -0.05) is 43.7 Å². The molecule has 3 rings (SSSR count). The first kappa shape index (κ1) is 24.5. The van der Waals surface area contributed by atoms with Crippen molar-refractivity contribution < 1.29 is 19.1 Å².